The van der Waals surface area contributed by atoms with Gasteiger partial charge >= 0.3 is 5.97 Å². The molecule has 2 rings (SSSR count). The molecule has 2 aromatic rings. The lowest BCUT2D eigenvalue weighted by molar-refractivity contribution is -0.149. The summed E-state index contributed by atoms with van der Waals surface area (Å²) >= 11 is 6.04. The van der Waals surface area contributed by atoms with E-state index in [-0.39, 0.29) is 31.0 Å². The first-order chi connectivity index (χ1) is 13.7. The Morgan fingerprint density at radius 2 is 1.62 bits per heavy atom. The summed E-state index contributed by atoms with van der Waals surface area (Å²) in [5, 5.41) is 3.32. The third-order valence-electron chi connectivity index (χ3n) is 4.43. The van der Waals surface area contributed by atoms with Crippen molar-refractivity contribution in [1.82, 2.24) is 0 Å². The average Bonchev–Trinajstić information content (AvgIpc) is 2.66. The SMILES string of the molecule is Cc1ccc(Cl)c(OCC(=O)OCC(=O)Nc2c(C(C)C)cccc2C(C)C)c1. The molecule has 0 aliphatic rings. The average molecular weight is 418 g/mol. The third kappa shape index (κ3) is 6.50. The number of benzene rings is 2. The van der Waals surface area contributed by atoms with Crippen LogP contribution in [0, 0.1) is 6.92 Å². The molecule has 0 spiro atoms. The standard InChI is InChI=1S/C23H28ClNO4/c1-14(2)17-7-6-8-18(15(3)4)23(17)25-21(26)12-29-22(27)13-28-20-11-16(5)9-10-19(20)24/h6-11,14-15H,12-13H2,1-5H3,(H,25,26). The number of carbonyl (C=O) groups excluding carboxylic acids is 2. The monoisotopic (exact) mass is 417 g/mol. The first-order valence-electron chi connectivity index (χ1n) is 9.66. The van der Waals surface area contributed by atoms with Crippen molar-refractivity contribution in [2.75, 3.05) is 18.5 Å². The zero-order valence-electron chi connectivity index (χ0n) is 17.5. The van der Waals surface area contributed by atoms with Gasteiger partial charge in [0.15, 0.2) is 13.2 Å². The van der Waals surface area contributed by atoms with E-state index in [1.165, 1.54) is 0 Å². The summed E-state index contributed by atoms with van der Waals surface area (Å²) in [7, 11) is 0. The number of aryl methyl sites for hydroxylation is 1. The second kappa shape index (κ2) is 10.3. The van der Waals surface area contributed by atoms with Crippen molar-refractivity contribution in [2.24, 2.45) is 0 Å². The summed E-state index contributed by atoms with van der Waals surface area (Å²) in [6.45, 7) is 9.48. The van der Waals surface area contributed by atoms with E-state index in [1.807, 2.05) is 31.2 Å². The molecule has 5 nitrogen and oxygen atoms in total. The number of ether oxygens (including phenoxy) is 2. The smallest absolute Gasteiger partial charge is 0.344 e. The van der Waals surface area contributed by atoms with Crippen molar-refractivity contribution < 1.29 is 19.1 Å². The summed E-state index contributed by atoms with van der Waals surface area (Å²) in [5.74, 6) is -0.126. The molecule has 0 radical (unpaired) electrons. The molecule has 0 fully saturated rings. The summed E-state index contributed by atoms with van der Waals surface area (Å²) in [6.07, 6.45) is 0. The maximum atomic E-state index is 12.4. The molecule has 0 saturated heterocycles. The largest absolute Gasteiger partial charge is 0.480 e. The minimum absolute atomic E-state index is 0.249. The van der Waals surface area contributed by atoms with E-state index in [9.17, 15) is 9.59 Å². The van der Waals surface area contributed by atoms with Gasteiger partial charge in [-0.3, -0.25) is 4.79 Å². The molecule has 0 saturated carbocycles. The molecule has 1 amide bonds. The van der Waals surface area contributed by atoms with Crippen LogP contribution < -0.4 is 10.1 Å². The Kier molecular flexibility index (Phi) is 8.09. The highest BCUT2D eigenvalue weighted by Crippen LogP contribution is 2.32. The fraction of sp³-hybridized carbons (Fsp3) is 0.391. The Morgan fingerprint density at radius 1 is 1.00 bits per heavy atom. The van der Waals surface area contributed by atoms with Crippen molar-refractivity contribution in [2.45, 2.75) is 46.5 Å². The second-order valence-corrected chi connectivity index (χ2v) is 7.96. The highest BCUT2D eigenvalue weighted by atomic mass is 35.5. The maximum Gasteiger partial charge on any atom is 0.344 e. The molecule has 1 N–H and O–H groups in total. The molecular formula is C23H28ClNO4. The lowest BCUT2D eigenvalue weighted by Gasteiger charge is -2.20. The lowest BCUT2D eigenvalue weighted by Crippen LogP contribution is -2.25. The zero-order valence-corrected chi connectivity index (χ0v) is 18.3. The van der Waals surface area contributed by atoms with Crippen LogP contribution in [-0.2, 0) is 14.3 Å². The first kappa shape index (κ1) is 22.8. The number of halogens is 1. The Balaban J connectivity index is 1.94. The number of nitrogens with one attached hydrogen (secondary N) is 1. The summed E-state index contributed by atoms with van der Waals surface area (Å²) < 4.78 is 10.4. The van der Waals surface area contributed by atoms with Crippen LogP contribution in [0.3, 0.4) is 0 Å². The molecule has 156 valence electrons. The predicted molar refractivity (Wildman–Crippen MR) is 116 cm³/mol. The number of anilines is 1. The molecule has 0 bridgehead atoms. The van der Waals surface area contributed by atoms with Crippen molar-refractivity contribution in [3.63, 3.8) is 0 Å². The van der Waals surface area contributed by atoms with E-state index in [4.69, 9.17) is 21.1 Å². The molecule has 2 aromatic carbocycles. The van der Waals surface area contributed by atoms with Crippen LogP contribution in [-0.4, -0.2) is 25.1 Å². The van der Waals surface area contributed by atoms with Crippen molar-refractivity contribution in [1.29, 1.82) is 0 Å². The number of rotatable bonds is 8. The Bertz CT molecular complexity index is 851. The third-order valence-corrected chi connectivity index (χ3v) is 4.75. The van der Waals surface area contributed by atoms with Crippen LogP contribution in [0.15, 0.2) is 36.4 Å². The number of carbonyl (C=O) groups is 2. The number of amides is 1. The minimum Gasteiger partial charge on any atom is -0.480 e. The Morgan fingerprint density at radius 3 is 2.21 bits per heavy atom. The first-order valence-corrected chi connectivity index (χ1v) is 10.0. The number of esters is 1. The predicted octanol–water partition coefficient (Wildman–Crippen LogP) is 5.46. The van der Waals surface area contributed by atoms with Crippen molar-refractivity contribution >= 4 is 29.2 Å². The van der Waals surface area contributed by atoms with Crippen LogP contribution in [0.4, 0.5) is 5.69 Å². The van der Waals surface area contributed by atoms with Gasteiger partial charge < -0.3 is 14.8 Å². The van der Waals surface area contributed by atoms with E-state index in [2.05, 4.69) is 33.0 Å². The zero-order chi connectivity index (χ0) is 21.6. The van der Waals surface area contributed by atoms with E-state index in [1.54, 1.807) is 12.1 Å². The van der Waals surface area contributed by atoms with Gasteiger partial charge in [0.1, 0.15) is 5.75 Å². The van der Waals surface area contributed by atoms with Gasteiger partial charge in [0.25, 0.3) is 5.91 Å². The van der Waals surface area contributed by atoms with Crippen LogP contribution in [0.25, 0.3) is 0 Å². The fourth-order valence-corrected chi connectivity index (χ4v) is 3.09. The Labute approximate surface area is 177 Å². The number of para-hydroxylation sites is 1. The van der Waals surface area contributed by atoms with Crippen LogP contribution in [0.1, 0.15) is 56.2 Å². The topological polar surface area (TPSA) is 64.6 Å². The van der Waals surface area contributed by atoms with Gasteiger partial charge in [0, 0.05) is 5.69 Å². The number of hydrogen-bond donors (Lipinski definition) is 1. The second-order valence-electron chi connectivity index (χ2n) is 7.55. The maximum absolute atomic E-state index is 12.4. The highest BCUT2D eigenvalue weighted by Gasteiger charge is 2.17. The van der Waals surface area contributed by atoms with E-state index >= 15 is 0 Å². The van der Waals surface area contributed by atoms with Crippen LogP contribution >= 0.6 is 11.6 Å². The molecule has 0 unspecified atom stereocenters. The lowest BCUT2D eigenvalue weighted by atomic mass is 9.92. The number of hydrogen-bond acceptors (Lipinski definition) is 4. The van der Waals surface area contributed by atoms with Crippen molar-refractivity contribution in [3.8, 4) is 5.75 Å². The van der Waals surface area contributed by atoms with Crippen molar-refractivity contribution in [3.05, 3.63) is 58.1 Å². The van der Waals surface area contributed by atoms with Gasteiger partial charge in [-0.15, -0.1) is 0 Å². The van der Waals surface area contributed by atoms with Crippen LogP contribution in [0.2, 0.25) is 5.02 Å². The highest BCUT2D eigenvalue weighted by molar-refractivity contribution is 6.32. The summed E-state index contributed by atoms with van der Waals surface area (Å²) in [4.78, 5) is 24.3. The van der Waals surface area contributed by atoms with Gasteiger partial charge in [-0.05, 0) is 47.6 Å². The minimum atomic E-state index is -0.640. The van der Waals surface area contributed by atoms with Gasteiger partial charge in [0.2, 0.25) is 0 Å². The van der Waals surface area contributed by atoms with Gasteiger partial charge in [-0.2, -0.15) is 0 Å². The van der Waals surface area contributed by atoms with Crippen LogP contribution in [0.5, 0.6) is 5.75 Å². The quantitative estimate of drug-likeness (QED) is 0.579. The molecule has 0 aromatic heterocycles. The Hall–Kier alpha value is -2.53. The molecule has 0 aliphatic carbocycles. The molecular weight excluding hydrogens is 390 g/mol. The van der Waals surface area contributed by atoms with Gasteiger partial charge in [-0.25, -0.2) is 4.79 Å². The van der Waals surface area contributed by atoms with Gasteiger partial charge in [-0.1, -0.05) is 63.6 Å². The van der Waals surface area contributed by atoms with E-state index in [0.29, 0.717) is 10.8 Å². The fourth-order valence-electron chi connectivity index (χ4n) is 2.92. The molecule has 0 aliphatic heterocycles. The summed E-state index contributed by atoms with van der Waals surface area (Å²) in [6, 6.07) is 11.3. The molecule has 0 heterocycles. The normalized spacial score (nSPS) is 10.9. The molecule has 29 heavy (non-hydrogen) atoms. The van der Waals surface area contributed by atoms with E-state index < -0.39 is 5.97 Å². The van der Waals surface area contributed by atoms with Gasteiger partial charge in [0.05, 0.1) is 5.02 Å². The van der Waals surface area contributed by atoms with E-state index in [0.717, 1.165) is 22.4 Å². The molecule has 0 atom stereocenters. The summed E-state index contributed by atoms with van der Waals surface area (Å²) in [5.41, 5.74) is 3.85. The molecule has 6 heteroatoms.